The number of aromatic amines is 2. The second-order valence-electron chi connectivity index (χ2n) is 6.53. The molecule has 6 heteroatoms. The van der Waals surface area contributed by atoms with Crippen molar-refractivity contribution in [3.8, 4) is 0 Å². The minimum absolute atomic E-state index is 0.0834. The van der Waals surface area contributed by atoms with Crippen LogP contribution in [-0.2, 0) is 0 Å². The zero-order chi connectivity index (χ0) is 19.0. The predicted octanol–water partition coefficient (Wildman–Crippen LogP) is 4.06. The van der Waals surface area contributed by atoms with Crippen molar-refractivity contribution >= 4 is 17.4 Å². The van der Waals surface area contributed by atoms with E-state index in [1.54, 1.807) is 31.2 Å². The maximum atomic E-state index is 12.8. The Hall–Kier alpha value is -2.66. The molecule has 0 amide bonds. The molecular weight excluding hydrogens is 350 g/mol. The zero-order valence-corrected chi connectivity index (χ0v) is 15.9. The molecule has 2 N–H and O–H groups in total. The van der Waals surface area contributed by atoms with Crippen molar-refractivity contribution in [2.75, 3.05) is 0 Å². The summed E-state index contributed by atoms with van der Waals surface area (Å²) in [4.78, 5) is 27.7. The first-order chi connectivity index (χ1) is 12.3. The lowest BCUT2D eigenvalue weighted by Gasteiger charge is -2.13. The molecule has 2 aromatic heterocycles. The second kappa shape index (κ2) is 6.92. The van der Waals surface area contributed by atoms with Crippen LogP contribution in [0.25, 0.3) is 0 Å². The van der Waals surface area contributed by atoms with Crippen molar-refractivity contribution in [3.05, 3.63) is 85.0 Å². The van der Waals surface area contributed by atoms with Crippen molar-refractivity contribution in [2.24, 2.45) is 0 Å². The summed E-state index contributed by atoms with van der Waals surface area (Å²) < 4.78 is 0. The van der Waals surface area contributed by atoms with Gasteiger partial charge >= 0.3 is 0 Å². The molecule has 0 radical (unpaired) electrons. The van der Waals surface area contributed by atoms with E-state index >= 15 is 0 Å². The number of H-pyrrole nitrogens is 2. The minimum atomic E-state index is -0.181. The Bertz CT molecular complexity index is 1030. The van der Waals surface area contributed by atoms with Crippen LogP contribution in [0.1, 0.15) is 57.0 Å². The summed E-state index contributed by atoms with van der Waals surface area (Å²) in [6.07, 6.45) is 0. The molecule has 0 spiro atoms. The molecular formula is C20H20ClN3O2. The van der Waals surface area contributed by atoms with E-state index in [0.29, 0.717) is 21.8 Å². The fourth-order valence-corrected chi connectivity index (χ4v) is 3.14. The van der Waals surface area contributed by atoms with E-state index < -0.39 is 0 Å². The third-order valence-electron chi connectivity index (χ3n) is 4.81. The van der Waals surface area contributed by atoms with Gasteiger partial charge in [0.15, 0.2) is 0 Å². The highest BCUT2D eigenvalue weighted by Crippen LogP contribution is 2.27. The van der Waals surface area contributed by atoms with Crippen LogP contribution in [-0.4, -0.2) is 21.0 Å². The third kappa shape index (κ3) is 3.22. The molecule has 0 bridgehead atoms. The average Bonchev–Trinajstić information content (AvgIpc) is 3.01. The summed E-state index contributed by atoms with van der Waals surface area (Å²) in [5, 5.41) is 7.34. The molecule has 3 aromatic rings. The van der Waals surface area contributed by atoms with Gasteiger partial charge in [0, 0.05) is 27.8 Å². The maximum Gasteiger partial charge on any atom is 0.267 e. The summed E-state index contributed by atoms with van der Waals surface area (Å²) in [5.41, 5.74) is 4.99. The Balaban J connectivity index is 1.97. The van der Waals surface area contributed by atoms with Gasteiger partial charge in [-0.1, -0.05) is 18.5 Å². The number of benzene rings is 1. The molecule has 0 saturated heterocycles. The van der Waals surface area contributed by atoms with Crippen molar-refractivity contribution in [3.63, 3.8) is 0 Å². The Morgan fingerprint density at radius 3 is 2.42 bits per heavy atom. The van der Waals surface area contributed by atoms with Gasteiger partial charge in [-0.3, -0.25) is 9.59 Å². The van der Waals surface area contributed by atoms with Gasteiger partial charge in [-0.25, -0.2) is 5.10 Å². The van der Waals surface area contributed by atoms with Gasteiger partial charge < -0.3 is 4.98 Å². The van der Waals surface area contributed by atoms with Gasteiger partial charge in [0.05, 0.1) is 11.4 Å². The van der Waals surface area contributed by atoms with Gasteiger partial charge in [0.1, 0.15) is 0 Å². The van der Waals surface area contributed by atoms with Crippen molar-refractivity contribution in [1.82, 2.24) is 15.2 Å². The van der Waals surface area contributed by atoms with Crippen molar-refractivity contribution in [1.29, 1.82) is 0 Å². The van der Waals surface area contributed by atoms with Gasteiger partial charge in [0.2, 0.25) is 5.78 Å². The zero-order valence-electron chi connectivity index (χ0n) is 15.1. The van der Waals surface area contributed by atoms with Gasteiger partial charge in [0.25, 0.3) is 5.56 Å². The van der Waals surface area contributed by atoms with Crippen LogP contribution < -0.4 is 5.56 Å². The fraction of sp³-hybridized carbons (Fsp3) is 0.250. The highest BCUT2D eigenvalue weighted by atomic mass is 35.5. The Labute approximate surface area is 156 Å². The molecule has 3 rings (SSSR count). The van der Waals surface area contributed by atoms with Crippen LogP contribution in [0.4, 0.5) is 0 Å². The monoisotopic (exact) mass is 369 g/mol. The van der Waals surface area contributed by atoms with Gasteiger partial charge in [-0.05, 0) is 62.2 Å². The van der Waals surface area contributed by atoms with E-state index in [-0.39, 0.29) is 17.3 Å². The van der Waals surface area contributed by atoms with Crippen LogP contribution in [0.3, 0.4) is 0 Å². The molecule has 5 nitrogen and oxygen atoms in total. The van der Waals surface area contributed by atoms with E-state index in [2.05, 4.69) is 15.2 Å². The number of ketones is 1. The number of aryl methyl sites for hydroxylation is 1. The molecule has 26 heavy (non-hydrogen) atoms. The number of halogens is 1. The van der Waals surface area contributed by atoms with Gasteiger partial charge in [-0.15, -0.1) is 0 Å². The average molecular weight is 370 g/mol. The second-order valence-corrected chi connectivity index (χ2v) is 6.96. The predicted molar refractivity (Wildman–Crippen MR) is 102 cm³/mol. The summed E-state index contributed by atoms with van der Waals surface area (Å²) in [6.45, 7) is 7.56. The molecule has 0 aliphatic rings. The van der Waals surface area contributed by atoms with Crippen LogP contribution in [0, 0.1) is 20.8 Å². The van der Waals surface area contributed by atoms with Crippen LogP contribution in [0.5, 0.6) is 0 Å². The molecule has 134 valence electrons. The number of nitrogens with zero attached hydrogens (tertiary/aromatic N) is 1. The van der Waals surface area contributed by atoms with Crippen LogP contribution in [0.15, 0.2) is 35.1 Å². The number of carbonyl (C=O) groups is 1. The van der Waals surface area contributed by atoms with Crippen molar-refractivity contribution in [2.45, 2.75) is 33.6 Å². The van der Waals surface area contributed by atoms with E-state index in [1.807, 2.05) is 26.8 Å². The molecule has 2 heterocycles. The summed E-state index contributed by atoms with van der Waals surface area (Å²) in [6, 6.07) is 8.78. The maximum absolute atomic E-state index is 12.8. The minimum Gasteiger partial charge on any atom is -0.355 e. The first-order valence-corrected chi connectivity index (χ1v) is 8.73. The number of nitrogens with one attached hydrogen (secondary N) is 2. The number of carbonyl (C=O) groups excluding carboxylic acids is 1. The largest absolute Gasteiger partial charge is 0.355 e. The van der Waals surface area contributed by atoms with E-state index in [9.17, 15) is 9.59 Å². The lowest BCUT2D eigenvalue weighted by Crippen LogP contribution is -2.17. The Morgan fingerprint density at radius 2 is 1.77 bits per heavy atom. The first kappa shape index (κ1) is 18.1. The van der Waals surface area contributed by atoms with E-state index in [0.717, 1.165) is 22.5 Å². The van der Waals surface area contributed by atoms with E-state index in [1.165, 1.54) is 0 Å². The topological polar surface area (TPSA) is 78.6 Å². The number of hydrogen-bond donors (Lipinski definition) is 2. The molecule has 0 aliphatic carbocycles. The SMILES string of the molecule is Cc1cc(C(C)c2n[nH]c(=O)c(C)c2C)[nH]c1C(=O)c1ccc(Cl)cc1. The molecule has 1 atom stereocenters. The van der Waals surface area contributed by atoms with Crippen LogP contribution in [0.2, 0.25) is 5.02 Å². The fourth-order valence-electron chi connectivity index (χ4n) is 3.01. The lowest BCUT2D eigenvalue weighted by molar-refractivity contribution is 0.103. The normalized spacial score (nSPS) is 12.2. The number of hydrogen-bond acceptors (Lipinski definition) is 3. The Morgan fingerprint density at radius 1 is 1.12 bits per heavy atom. The quantitative estimate of drug-likeness (QED) is 0.680. The van der Waals surface area contributed by atoms with E-state index in [4.69, 9.17) is 11.6 Å². The lowest BCUT2D eigenvalue weighted by atomic mass is 9.97. The molecule has 0 aliphatic heterocycles. The molecule has 1 aromatic carbocycles. The standard InChI is InChI=1S/C20H20ClN3O2/c1-10-9-16(13(4)18-11(2)12(3)20(26)24-23-18)22-17(10)19(25)14-5-7-15(21)8-6-14/h5-9,13,22H,1-4H3,(H,24,26). The third-order valence-corrected chi connectivity index (χ3v) is 5.06. The highest BCUT2D eigenvalue weighted by Gasteiger charge is 2.21. The molecule has 0 saturated carbocycles. The summed E-state index contributed by atoms with van der Waals surface area (Å²) in [5.74, 6) is -0.170. The number of rotatable bonds is 4. The van der Waals surface area contributed by atoms with Crippen LogP contribution >= 0.6 is 11.6 Å². The smallest absolute Gasteiger partial charge is 0.267 e. The molecule has 0 fully saturated rings. The molecule has 1 unspecified atom stereocenters. The highest BCUT2D eigenvalue weighted by molar-refractivity contribution is 6.30. The number of aromatic nitrogens is 3. The van der Waals surface area contributed by atoms with Crippen molar-refractivity contribution < 1.29 is 4.79 Å². The first-order valence-electron chi connectivity index (χ1n) is 8.35. The van der Waals surface area contributed by atoms with Gasteiger partial charge in [-0.2, -0.15) is 5.10 Å². The summed E-state index contributed by atoms with van der Waals surface area (Å²) >= 11 is 5.89. The Kier molecular flexibility index (Phi) is 4.83. The summed E-state index contributed by atoms with van der Waals surface area (Å²) in [7, 11) is 0.